The van der Waals surface area contributed by atoms with Crippen molar-refractivity contribution in [2.75, 3.05) is 19.1 Å². The Morgan fingerprint density at radius 1 is 0.961 bits per heavy atom. The molecule has 280 valence electrons. The topological polar surface area (TPSA) is 123 Å². The van der Waals surface area contributed by atoms with Gasteiger partial charge in [-0.3, -0.25) is 9.79 Å². The molecular formula is C35H44F6N6O4. The normalized spacial score (nSPS) is 23.3. The van der Waals surface area contributed by atoms with Crippen LogP contribution in [0.1, 0.15) is 87.5 Å². The number of likely N-dealkylation sites (tertiary alicyclic amines) is 1. The summed E-state index contributed by atoms with van der Waals surface area (Å²) in [7, 11) is 2.89. The van der Waals surface area contributed by atoms with E-state index in [1.807, 2.05) is 13.8 Å². The summed E-state index contributed by atoms with van der Waals surface area (Å²) in [5.74, 6) is -0.438. The van der Waals surface area contributed by atoms with Crippen molar-refractivity contribution in [3.63, 3.8) is 0 Å². The molecule has 1 aliphatic carbocycles. The third-order valence-electron chi connectivity index (χ3n) is 9.62. The Morgan fingerprint density at radius 3 is 1.96 bits per heavy atom. The van der Waals surface area contributed by atoms with Gasteiger partial charge in [-0.1, -0.05) is 13.8 Å². The van der Waals surface area contributed by atoms with Crippen LogP contribution in [0.4, 0.5) is 37.1 Å². The molecule has 4 rings (SSSR count). The number of carbonyl (C=O) groups is 2. The van der Waals surface area contributed by atoms with Crippen molar-refractivity contribution in [1.82, 2.24) is 14.9 Å². The summed E-state index contributed by atoms with van der Waals surface area (Å²) >= 11 is 0. The highest BCUT2D eigenvalue weighted by atomic mass is 19.4. The third kappa shape index (κ3) is 9.70. The second-order valence-electron chi connectivity index (χ2n) is 12.9. The molecule has 2 aromatic rings. The predicted molar refractivity (Wildman–Crippen MR) is 179 cm³/mol. The van der Waals surface area contributed by atoms with Crippen LogP contribution in [0.5, 0.6) is 0 Å². The molecule has 1 aliphatic heterocycles. The molecule has 1 saturated carbocycles. The number of alkyl halides is 6. The number of nitrogens with two attached hydrogens (primary N) is 1. The lowest BCUT2D eigenvalue weighted by atomic mass is 9.87. The second-order valence-corrected chi connectivity index (χ2v) is 12.9. The van der Waals surface area contributed by atoms with Gasteiger partial charge in [-0.15, -0.1) is 0 Å². The Morgan fingerprint density at radius 2 is 1.51 bits per heavy atom. The molecule has 2 heterocycles. The number of halogens is 6. The maximum Gasteiger partial charge on any atom is 0.416 e. The molecule has 3 atom stereocenters. The summed E-state index contributed by atoms with van der Waals surface area (Å²) in [6.07, 6.45) is -1.43. The van der Waals surface area contributed by atoms with E-state index in [0.29, 0.717) is 74.6 Å². The average molecular weight is 727 g/mol. The Bertz CT molecular complexity index is 1510. The van der Waals surface area contributed by atoms with Gasteiger partial charge in [0.2, 0.25) is 5.95 Å². The van der Waals surface area contributed by atoms with E-state index in [4.69, 9.17) is 15.2 Å². The zero-order chi connectivity index (χ0) is 37.5. The number of methoxy groups -OCH3 is 1. The van der Waals surface area contributed by atoms with Gasteiger partial charge in [0.05, 0.1) is 24.2 Å². The standard InChI is InChI=1S/C35H44F6N6O4/c1-5-27-14-29(15-28(6-2)47(27)33(49)51-30-9-7-22(8-10-30)31(48)50-4)46(32-44-18-24(19-45-32)23(16-42)17-43-3)20-21-11-25(34(36,37)38)13-26(12-21)35(39,40)41/h11-13,16-19,22,27-30H,5-10,14-15,20,42H2,1-4H3/t22?,27-,28+,29?,30?. The Labute approximate surface area is 293 Å². The van der Waals surface area contributed by atoms with E-state index in [1.54, 1.807) is 16.8 Å². The molecule has 0 radical (unpaired) electrons. The molecule has 1 aromatic carbocycles. The number of anilines is 1. The highest BCUT2D eigenvalue weighted by Crippen LogP contribution is 2.39. The fraction of sp³-hybridized carbons (Fsp3) is 0.571. The minimum Gasteiger partial charge on any atom is -0.469 e. The first-order chi connectivity index (χ1) is 24.1. The van der Waals surface area contributed by atoms with Crippen LogP contribution in [0.15, 0.2) is 41.8 Å². The fourth-order valence-corrected chi connectivity index (χ4v) is 6.96. The molecule has 0 spiro atoms. The maximum absolute atomic E-state index is 13.8. The van der Waals surface area contributed by atoms with E-state index >= 15 is 0 Å². The van der Waals surface area contributed by atoms with Crippen molar-refractivity contribution in [2.24, 2.45) is 16.6 Å². The Hall–Kier alpha value is -4.37. The summed E-state index contributed by atoms with van der Waals surface area (Å²) < 4.78 is 93.7. The van der Waals surface area contributed by atoms with Crippen molar-refractivity contribution < 1.29 is 45.4 Å². The van der Waals surface area contributed by atoms with Gasteiger partial charge in [-0.05, 0) is 75.1 Å². The molecule has 16 heteroatoms. The number of benzene rings is 1. The quantitative estimate of drug-likeness (QED) is 0.153. The van der Waals surface area contributed by atoms with Crippen molar-refractivity contribution in [2.45, 2.75) is 108 Å². The van der Waals surface area contributed by atoms with Crippen molar-refractivity contribution in [3.8, 4) is 0 Å². The number of hydrogen-bond donors (Lipinski definition) is 1. The smallest absolute Gasteiger partial charge is 0.416 e. The number of allylic oxidation sites excluding steroid dienone is 1. The van der Waals surface area contributed by atoms with Gasteiger partial charge in [-0.25, -0.2) is 14.8 Å². The number of rotatable bonds is 10. The predicted octanol–water partition coefficient (Wildman–Crippen LogP) is 7.41. The summed E-state index contributed by atoms with van der Waals surface area (Å²) in [6, 6.07) is 0.305. The highest BCUT2D eigenvalue weighted by molar-refractivity contribution is 6.09. The molecule has 10 nitrogen and oxygen atoms in total. The molecule has 2 fully saturated rings. The van der Waals surface area contributed by atoms with Crippen LogP contribution < -0.4 is 10.6 Å². The lowest BCUT2D eigenvalue weighted by Crippen LogP contribution is -2.57. The molecule has 0 bridgehead atoms. The first-order valence-electron chi connectivity index (χ1n) is 16.9. The minimum atomic E-state index is -5.02. The highest BCUT2D eigenvalue weighted by Gasteiger charge is 2.42. The summed E-state index contributed by atoms with van der Waals surface area (Å²) in [5, 5.41) is 0. The zero-order valence-corrected chi connectivity index (χ0v) is 29.0. The fourth-order valence-electron chi connectivity index (χ4n) is 6.96. The largest absolute Gasteiger partial charge is 0.469 e. The van der Waals surface area contributed by atoms with Crippen LogP contribution in [0.3, 0.4) is 0 Å². The average Bonchev–Trinajstić information content (AvgIpc) is 3.11. The first-order valence-corrected chi connectivity index (χ1v) is 16.9. The number of ether oxygens (including phenoxy) is 2. The summed E-state index contributed by atoms with van der Waals surface area (Å²) in [5.41, 5.74) is 3.66. The minimum absolute atomic E-state index is 0.0858. The molecule has 2 N–H and O–H groups in total. The van der Waals surface area contributed by atoms with E-state index in [0.717, 1.165) is 0 Å². The Kier molecular flexibility index (Phi) is 13.0. The molecule has 51 heavy (non-hydrogen) atoms. The molecular weight excluding hydrogens is 682 g/mol. The van der Waals surface area contributed by atoms with Gasteiger partial charge < -0.3 is 25.0 Å². The number of hydrogen-bond acceptors (Lipinski definition) is 9. The molecule has 1 amide bonds. The van der Waals surface area contributed by atoms with Crippen LogP contribution in [0, 0.1) is 5.92 Å². The van der Waals surface area contributed by atoms with Gasteiger partial charge in [-0.2, -0.15) is 26.3 Å². The monoisotopic (exact) mass is 726 g/mol. The van der Waals surface area contributed by atoms with Crippen LogP contribution in [-0.4, -0.2) is 71.5 Å². The van der Waals surface area contributed by atoms with Crippen LogP contribution in [0.25, 0.3) is 5.57 Å². The van der Waals surface area contributed by atoms with Gasteiger partial charge in [0, 0.05) is 67.7 Å². The number of nitrogens with zero attached hydrogens (tertiary/aromatic N) is 5. The summed E-state index contributed by atoms with van der Waals surface area (Å²) in [6.45, 7) is 3.43. The van der Waals surface area contributed by atoms with Crippen molar-refractivity contribution in [3.05, 3.63) is 59.0 Å². The third-order valence-corrected chi connectivity index (χ3v) is 9.62. The molecule has 1 aromatic heterocycles. The van der Waals surface area contributed by atoms with Crippen molar-refractivity contribution in [1.29, 1.82) is 0 Å². The van der Waals surface area contributed by atoms with Crippen LogP contribution >= 0.6 is 0 Å². The number of amides is 1. The lowest BCUT2D eigenvalue weighted by Gasteiger charge is -2.47. The van der Waals surface area contributed by atoms with Gasteiger partial charge in [0.25, 0.3) is 0 Å². The van der Waals surface area contributed by atoms with Crippen LogP contribution in [-0.2, 0) is 33.2 Å². The molecule has 1 saturated heterocycles. The number of aliphatic imine (C=N–C) groups is 1. The number of esters is 1. The van der Waals surface area contributed by atoms with E-state index in [2.05, 4.69) is 15.0 Å². The maximum atomic E-state index is 13.8. The van der Waals surface area contributed by atoms with E-state index < -0.39 is 35.6 Å². The SMILES string of the molecule is CC[C@@H]1CC(N(Cc2cc(C(F)(F)F)cc(C(F)(F)F)c2)c2ncc(C(C=NC)=CN)cn2)C[C@H](CC)N1C(=O)OC1CCC(C(=O)OC)CC1. The van der Waals surface area contributed by atoms with Gasteiger partial charge >= 0.3 is 24.4 Å². The molecule has 1 unspecified atom stereocenters. The summed E-state index contributed by atoms with van der Waals surface area (Å²) in [4.78, 5) is 41.9. The van der Waals surface area contributed by atoms with E-state index in [9.17, 15) is 35.9 Å². The van der Waals surface area contributed by atoms with Crippen molar-refractivity contribution >= 4 is 29.8 Å². The zero-order valence-electron chi connectivity index (χ0n) is 29.0. The van der Waals surface area contributed by atoms with Crippen LogP contribution in [0.2, 0.25) is 0 Å². The first kappa shape index (κ1) is 39.4. The van der Waals surface area contributed by atoms with Gasteiger partial charge in [0.15, 0.2) is 0 Å². The molecule has 2 aliphatic rings. The van der Waals surface area contributed by atoms with E-state index in [-0.39, 0.29) is 54.2 Å². The number of piperidine rings is 1. The van der Waals surface area contributed by atoms with E-state index in [1.165, 1.54) is 31.9 Å². The number of carbonyl (C=O) groups excluding carboxylic acids is 2. The second kappa shape index (κ2) is 16.8. The number of aromatic nitrogens is 2. The Balaban J connectivity index is 1.67. The lowest BCUT2D eigenvalue weighted by molar-refractivity contribution is -0.147. The van der Waals surface area contributed by atoms with Gasteiger partial charge in [0.1, 0.15) is 6.10 Å².